The molecular weight excluding hydrogens is 264 g/mol. The van der Waals surface area contributed by atoms with Crippen LogP contribution in [0.5, 0.6) is 0 Å². The van der Waals surface area contributed by atoms with E-state index in [1.54, 1.807) is 7.11 Å². The molecule has 1 saturated heterocycles. The Balaban J connectivity index is 2.18. The van der Waals surface area contributed by atoms with Crippen LogP contribution in [0.25, 0.3) is 0 Å². The Morgan fingerprint density at radius 3 is 2.48 bits per heavy atom. The first-order valence-corrected chi connectivity index (χ1v) is 7.67. The van der Waals surface area contributed by atoms with E-state index in [1.807, 2.05) is 42.2 Å². The summed E-state index contributed by atoms with van der Waals surface area (Å²) in [5.74, 6) is 0.681. The highest BCUT2D eigenvalue weighted by Crippen LogP contribution is 2.27. The van der Waals surface area contributed by atoms with Gasteiger partial charge in [0, 0.05) is 13.7 Å². The minimum absolute atomic E-state index is 0.0416. The van der Waals surface area contributed by atoms with E-state index in [0.29, 0.717) is 12.5 Å². The largest absolute Gasteiger partial charge is 0.380 e. The molecule has 1 N–H and O–H groups in total. The van der Waals surface area contributed by atoms with Crippen molar-refractivity contribution in [3.05, 3.63) is 35.9 Å². The number of nitrogens with one attached hydrogen (secondary N) is 1. The van der Waals surface area contributed by atoms with E-state index in [1.165, 1.54) is 0 Å². The molecule has 2 rings (SSSR count). The van der Waals surface area contributed by atoms with Crippen LogP contribution in [0.15, 0.2) is 30.3 Å². The first-order chi connectivity index (χ1) is 10.0. The fourth-order valence-corrected chi connectivity index (χ4v) is 2.77. The highest BCUT2D eigenvalue weighted by molar-refractivity contribution is 5.85. The molecule has 0 radical (unpaired) electrons. The van der Waals surface area contributed by atoms with Crippen LogP contribution in [0.3, 0.4) is 0 Å². The van der Waals surface area contributed by atoms with Crippen molar-refractivity contribution in [2.75, 3.05) is 13.7 Å². The van der Waals surface area contributed by atoms with Crippen molar-refractivity contribution in [1.29, 1.82) is 0 Å². The van der Waals surface area contributed by atoms with Crippen molar-refractivity contribution < 1.29 is 9.53 Å². The number of amides is 1. The van der Waals surface area contributed by atoms with Gasteiger partial charge in [-0.25, -0.2) is 0 Å². The third-order valence-corrected chi connectivity index (χ3v) is 3.95. The monoisotopic (exact) mass is 290 g/mol. The van der Waals surface area contributed by atoms with Gasteiger partial charge in [-0.05, 0) is 24.8 Å². The SMILES string of the molecule is COC(C)CN1C(=O)C(c2ccccc2)NC1CC(C)C. The maximum Gasteiger partial charge on any atom is 0.245 e. The van der Waals surface area contributed by atoms with Crippen molar-refractivity contribution in [1.82, 2.24) is 10.2 Å². The fourth-order valence-electron chi connectivity index (χ4n) is 2.77. The Hall–Kier alpha value is -1.39. The third kappa shape index (κ3) is 3.83. The molecule has 4 nitrogen and oxygen atoms in total. The highest BCUT2D eigenvalue weighted by atomic mass is 16.5. The molecule has 4 heteroatoms. The Bertz CT molecular complexity index is 461. The molecule has 0 bridgehead atoms. The molecule has 21 heavy (non-hydrogen) atoms. The van der Waals surface area contributed by atoms with Crippen LogP contribution < -0.4 is 5.32 Å². The van der Waals surface area contributed by atoms with E-state index in [0.717, 1.165) is 12.0 Å². The standard InChI is InChI=1S/C17H26N2O2/c1-12(2)10-15-18-16(14-8-6-5-7-9-14)17(20)19(15)11-13(3)21-4/h5-9,12-13,15-16,18H,10-11H2,1-4H3. The van der Waals surface area contributed by atoms with Crippen LogP contribution in [0.1, 0.15) is 38.8 Å². The summed E-state index contributed by atoms with van der Waals surface area (Å²) in [6.07, 6.45) is 1.08. The van der Waals surface area contributed by atoms with E-state index >= 15 is 0 Å². The normalized spacial score (nSPS) is 23.9. The minimum atomic E-state index is -0.237. The topological polar surface area (TPSA) is 41.6 Å². The van der Waals surface area contributed by atoms with Gasteiger partial charge in [-0.15, -0.1) is 0 Å². The molecule has 0 aromatic heterocycles. The zero-order valence-electron chi connectivity index (χ0n) is 13.4. The molecule has 3 atom stereocenters. The average molecular weight is 290 g/mol. The van der Waals surface area contributed by atoms with E-state index in [9.17, 15) is 4.79 Å². The van der Waals surface area contributed by atoms with Gasteiger partial charge in [0.05, 0.1) is 12.3 Å². The Morgan fingerprint density at radius 2 is 1.90 bits per heavy atom. The summed E-state index contributed by atoms with van der Waals surface area (Å²) in [7, 11) is 1.69. The third-order valence-electron chi connectivity index (χ3n) is 3.95. The number of hydrogen-bond acceptors (Lipinski definition) is 3. The molecule has 1 fully saturated rings. The zero-order valence-corrected chi connectivity index (χ0v) is 13.4. The molecule has 1 aromatic carbocycles. The van der Waals surface area contributed by atoms with E-state index in [-0.39, 0.29) is 24.2 Å². The molecule has 116 valence electrons. The second kappa shape index (κ2) is 7.05. The maximum atomic E-state index is 12.8. The molecular formula is C17H26N2O2. The first kappa shape index (κ1) is 16.0. The van der Waals surface area contributed by atoms with Crippen molar-refractivity contribution in [3.63, 3.8) is 0 Å². The molecule has 1 aliphatic heterocycles. The van der Waals surface area contributed by atoms with Crippen molar-refractivity contribution in [3.8, 4) is 0 Å². The molecule has 0 saturated carbocycles. The lowest BCUT2D eigenvalue weighted by Gasteiger charge is -2.27. The average Bonchev–Trinajstić information content (AvgIpc) is 2.76. The molecule has 1 amide bonds. The summed E-state index contributed by atoms with van der Waals surface area (Å²) in [6, 6.07) is 9.69. The number of rotatable bonds is 6. The van der Waals surface area contributed by atoms with Gasteiger partial charge >= 0.3 is 0 Å². The fraction of sp³-hybridized carbons (Fsp3) is 0.588. The Labute approximate surface area is 127 Å². The first-order valence-electron chi connectivity index (χ1n) is 7.67. The number of methoxy groups -OCH3 is 1. The molecule has 1 aliphatic rings. The summed E-state index contributed by atoms with van der Waals surface area (Å²) >= 11 is 0. The predicted molar refractivity (Wildman–Crippen MR) is 83.7 cm³/mol. The highest BCUT2D eigenvalue weighted by Gasteiger charge is 2.40. The van der Waals surface area contributed by atoms with Crippen LogP contribution in [0, 0.1) is 5.92 Å². The number of carbonyl (C=O) groups excluding carboxylic acids is 1. The second-order valence-electron chi connectivity index (χ2n) is 6.19. The summed E-state index contributed by atoms with van der Waals surface area (Å²) in [6.45, 7) is 6.98. The number of ether oxygens (including phenoxy) is 1. The summed E-state index contributed by atoms with van der Waals surface area (Å²) in [5, 5.41) is 3.49. The van der Waals surface area contributed by atoms with Crippen molar-refractivity contribution in [2.45, 2.75) is 45.5 Å². The smallest absolute Gasteiger partial charge is 0.245 e. The van der Waals surface area contributed by atoms with Crippen LogP contribution in [0.2, 0.25) is 0 Å². The molecule has 0 aliphatic carbocycles. The van der Waals surface area contributed by atoms with E-state index in [4.69, 9.17) is 4.74 Å². The zero-order chi connectivity index (χ0) is 15.4. The second-order valence-corrected chi connectivity index (χ2v) is 6.19. The molecule has 3 unspecified atom stereocenters. The van der Waals surface area contributed by atoms with E-state index < -0.39 is 0 Å². The summed E-state index contributed by atoms with van der Waals surface area (Å²) < 4.78 is 5.33. The Morgan fingerprint density at radius 1 is 1.24 bits per heavy atom. The van der Waals surface area contributed by atoms with Gasteiger partial charge in [0.2, 0.25) is 5.91 Å². The minimum Gasteiger partial charge on any atom is -0.380 e. The van der Waals surface area contributed by atoms with Crippen molar-refractivity contribution in [2.24, 2.45) is 5.92 Å². The number of benzene rings is 1. The van der Waals surface area contributed by atoms with Gasteiger partial charge < -0.3 is 9.64 Å². The summed E-state index contributed by atoms with van der Waals surface area (Å²) in [5.41, 5.74) is 1.03. The lowest BCUT2D eigenvalue weighted by Crippen LogP contribution is -2.42. The van der Waals surface area contributed by atoms with Crippen molar-refractivity contribution >= 4 is 5.91 Å². The van der Waals surface area contributed by atoms with Crippen LogP contribution in [-0.4, -0.2) is 36.7 Å². The van der Waals surface area contributed by atoms with Crippen LogP contribution in [0.4, 0.5) is 0 Å². The van der Waals surface area contributed by atoms with E-state index in [2.05, 4.69) is 19.2 Å². The van der Waals surface area contributed by atoms with Gasteiger partial charge in [-0.1, -0.05) is 44.2 Å². The number of carbonyl (C=O) groups is 1. The summed E-state index contributed by atoms with van der Waals surface area (Å²) in [4.78, 5) is 14.7. The number of hydrogen-bond donors (Lipinski definition) is 1. The van der Waals surface area contributed by atoms with Gasteiger partial charge in [0.15, 0.2) is 0 Å². The Kier molecular flexibility index (Phi) is 5.37. The molecule has 1 aromatic rings. The van der Waals surface area contributed by atoms with Gasteiger partial charge in [-0.3, -0.25) is 10.1 Å². The van der Waals surface area contributed by atoms with Crippen LogP contribution >= 0.6 is 0 Å². The lowest BCUT2D eigenvalue weighted by molar-refractivity contribution is -0.131. The van der Waals surface area contributed by atoms with Gasteiger partial charge in [0.25, 0.3) is 0 Å². The predicted octanol–water partition coefficient (Wildman–Crippen LogP) is 2.57. The molecule has 0 spiro atoms. The number of nitrogens with zero attached hydrogens (tertiary/aromatic N) is 1. The van der Waals surface area contributed by atoms with Gasteiger partial charge in [-0.2, -0.15) is 0 Å². The lowest BCUT2D eigenvalue weighted by atomic mass is 10.1. The van der Waals surface area contributed by atoms with Gasteiger partial charge in [0.1, 0.15) is 6.04 Å². The quantitative estimate of drug-likeness (QED) is 0.875. The maximum absolute atomic E-state index is 12.8. The van der Waals surface area contributed by atoms with Crippen LogP contribution in [-0.2, 0) is 9.53 Å². The molecule has 1 heterocycles.